The zero-order chi connectivity index (χ0) is 23.8. The first-order chi connectivity index (χ1) is 16.6. The van der Waals surface area contributed by atoms with E-state index in [2.05, 4.69) is 20.8 Å². The maximum atomic E-state index is 12.5. The molecule has 0 fully saturated rings. The van der Waals surface area contributed by atoms with Crippen LogP contribution < -0.4 is 20.1 Å². The number of hydrogen-bond acceptors (Lipinski definition) is 7. The van der Waals surface area contributed by atoms with Crippen LogP contribution in [0.25, 0.3) is 11.4 Å². The van der Waals surface area contributed by atoms with Gasteiger partial charge in [0.2, 0.25) is 11.7 Å². The van der Waals surface area contributed by atoms with E-state index < -0.39 is 0 Å². The fourth-order valence-electron chi connectivity index (χ4n) is 3.23. The lowest BCUT2D eigenvalue weighted by Crippen LogP contribution is -2.11. The molecule has 2 N–H and O–H groups in total. The maximum Gasteiger partial charge on any atom is 0.255 e. The van der Waals surface area contributed by atoms with Crippen molar-refractivity contribution in [3.05, 3.63) is 84.3 Å². The lowest BCUT2D eigenvalue weighted by atomic mass is 10.2. The Balaban J connectivity index is 1.30. The number of carbonyl (C=O) groups excluding carboxylic acids is 1. The summed E-state index contributed by atoms with van der Waals surface area (Å²) in [6, 6.07) is 22.0. The minimum absolute atomic E-state index is 0.187. The van der Waals surface area contributed by atoms with Gasteiger partial charge < -0.3 is 24.6 Å². The van der Waals surface area contributed by atoms with E-state index in [1.54, 1.807) is 12.1 Å². The van der Waals surface area contributed by atoms with Crippen LogP contribution in [0.1, 0.15) is 30.1 Å². The predicted octanol–water partition coefficient (Wildman–Crippen LogP) is 5.40. The van der Waals surface area contributed by atoms with Gasteiger partial charge >= 0.3 is 0 Å². The van der Waals surface area contributed by atoms with Crippen molar-refractivity contribution in [2.75, 3.05) is 23.8 Å². The molecule has 0 saturated carbocycles. The first-order valence-corrected chi connectivity index (χ1v) is 11.1. The number of ether oxygens (including phenoxy) is 2. The van der Waals surface area contributed by atoms with Gasteiger partial charge in [0, 0.05) is 22.5 Å². The van der Waals surface area contributed by atoms with Gasteiger partial charge in [0.25, 0.3) is 5.91 Å². The number of hydrogen-bond donors (Lipinski definition) is 2. The highest BCUT2D eigenvalue weighted by Crippen LogP contribution is 2.21. The smallest absolute Gasteiger partial charge is 0.255 e. The summed E-state index contributed by atoms with van der Waals surface area (Å²) in [5.74, 6) is 2.35. The Morgan fingerprint density at radius 3 is 2.03 bits per heavy atom. The van der Waals surface area contributed by atoms with Crippen molar-refractivity contribution in [3.63, 3.8) is 0 Å². The highest BCUT2D eigenvalue weighted by atomic mass is 16.5. The Kier molecular flexibility index (Phi) is 7.39. The highest BCUT2D eigenvalue weighted by molar-refractivity contribution is 6.04. The van der Waals surface area contributed by atoms with Gasteiger partial charge in [-0.15, -0.1) is 0 Å². The number of amides is 1. The van der Waals surface area contributed by atoms with E-state index in [0.29, 0.717) is 42.7 Å². The second-order valence-electron chi connectivity index (χ2n) is 7.31. The molecular weight excluding hydrogens is 432 g/mol. The van der Waals surface area contributed by atoms with E-state index in [1.165, 1.54) is 0 Å². The number of carbonyl (C=O) groups is 1. The lowest BCUT2D eigenvalue weighted by Gasteiger charge is -2.08. The van der Waals surface area contributed by atoms with Crippen molar-refractivity contribution in [2.45, 2.75) is 20.4 Å². The molecule has 1 amide bonds. The summed E-state index contributed by atoms with van der Waals surface area (Å²) < 4.78 is 16.2. The zero-order valence-corrected chi connectivity index (χ0v) is 19.1. The minimum Gasteiger partial charge on any atom is -0.494 e. The average molecular weight is 459 g/mol. The van der Waals surface area contributed by atoms with E-state index in [1.807, 2.05) is 74.5 Å². The fraction of sp³-hybridized carbons (Fsp3) is 0.192. The third-order valence-corrected chi connectivity index (χ3v) is 4.91. The molecule has 8 heteroatoms. The topological polar surface area (TPSA) is 98.5 Å². The van der Waals surface area contributed by atoms with E-state index in [4.69, 9.17) is 14.0 Å². The van der Waals surface area contributed by atoms with Gasteiger partial charge in [-0.1, -0.05) is 5.16 Å². The van der Waals surface area contributed by atoms with E-state index in [0.717, 1.165) is 22.7 Å². The molecule has 174 valence electrons. The monoisotopic (exact) mass is 458 g/mol. The first kappa shape index (κ1) is 22.8. The van der Waals surface area contributed by atoms with Crippen molar-refractivity contribution < 1.29 is 18.8 Å². The summed E-state index contributed by atoms with van der Waals surface area (Å²) in [5.41, 5.74) is 2.94. The maximum absolute atomic E-state index is 12.5. The number of aromatic nitrogens is 2. The fourth-order valence-corrected chi connectivity index (χ4v) is 3.23. The normalized spacial score (nSPS) is 10.5. The largest absolute Gasteiger partial charge is 0.494 e. The number of nitrogens with zero attached hydrogens (tertiary/aromatic N) is 2. The van der Waals surface area contributed by atoms with Crippen LogP contribution in [0.15, 0.2) is 77.3 Å². The molecule has 0 aliphatic heterocycles. The SMILES string of the molecule is CCOc1ccc(NC(=O)c2ccc(NCc3nc(-c4ccc(OCC)cc4)no3)cc2)cc1. The molecule has 4 rings (SSSR count). The Hall–Kier alpha value is -4.33. The predicted molar refractivity (Wildman–Crippen MR) is 130 cm³/mol. The van der Waals surface area contributed by atoms with Crippen LogP contribution in [0.2, 0.25) is 0 Å². The van der Waals surface area contributed by atoms with Gasteiger partial charge in [0.05, 0.1) is 19.8 Å². The minimum atomic E-state index is -0.187. The van der Waals surface area contributed by atoms with Crippen molar-refractivity contribution in [1.29, 1.82) is 0 Å². The zero-order valence-electron chi connectivity index (χ0n) is 19.1. The first-order valence-electron chi connectivity index (χ1n) is 11.1. The summed E-state index contributed by atoms with van der Waals surface area (Å²) in [6.45, 7) is 5.45. The molecule has 0 atom stereocenters. The Bertz CT molecular complexity index is 1200. The second kappa shape index (κ2) is 11.0. The number of anilines is 2. The van der Waals surface area contributed by atoms with Crippen LogP contribution in [0, 0.1) is 0 Å². The molecule has 3 aromatic carbocycles. The summed E-state index contributed by atoms with van der Waals surface area (Å²) in [4.78, 5) is 16.9. The summed E-state index contributed by atoms with van der Waals surface area (Å²) in [7, 11) is 0. The Morgan fingerprint density at radius 1 is 0.824 bits per heavy atom. The number of nitrogens with one attached hydrogen (secondary N) is 2. The Labute approximate surface area is 197 Å². The van der Waals surface area contributed by atoms with Crippen LogP contribution in [-0.2, 0) is 6.54 Å². The Morgan fingerprint density at radius 2 is 1.41 bits per heavy atom. The third-order valence-electron chi connectivity index (χ3n) is 4.91. The molecule has 0 spiro atoms. The van der Waals surface area contributed by atoms with Crippen LogP contribution in [0.4, 0.5) is 11.4 Å². The van der Waals surface area contributed by atoms with E-state index >= 15 is 0 Å². The van der Waals surface area contributed by atoms with Crippen molar-refractivity contribution in [1.82, 2.24) is 10.1 Å². The van der Waals surface area contributed by atoms with Gasteiger partial charge in [0.15, 0.2) is 0 Å². The second-order valence-corrected chi connectivity index (χ2v) is 7.31. The van der Waals surface area contributed by atoms with Crippen LogP contribution in [-0.4, -0.2) is 29.3 Å². The summed E-state index contributed by atoms with van der Waals surface area (Å²) >= 11 is 0. The molecule has 0 aliphatic rings. The lowest BCUT2D eigenvalue weighted by molar-refractivity contribution is 0.102. The molecule has 34 heavy (non-hydrogen) atoms. The summed E-state index contributed by atoms with van der Waals surface area (Å²) in [5, 5.41) is 10.1. The third kappa shape index (κ3) is 5.92. The number of benzene rings is 3. The summed E-state index contributed by atoms with van der Waals surface area (Å²) in [6.07, 6.45) is 0. The number of rotatable bonds is 10. The van der Waals surface area contributed by atoms with E-state index in [9.17, 15) is 4.79 Å². The van der Waals surface area contributed by atoms with Crippen molar-refractivity contribution in [2.24, 2.45) is 0 Å². The molecule has 0 bridgehead atoms. The standard InChI is InChI=1S/C26H26N4O4/c1-3-32-22-13-7-18(8-14-22)25-29-24(34-30-25)17-27-20-9-5-19(6-10-20)26(31)28-21-11-15-23(16-12-21)33-4-2/h5-16,27H,3-4,17H2,1-2H3,(H,28,31). The van der Waals surface area contributed by atoms with Crippen molar-refractivity contribution in [3.8, 4) is 22.9 Å². The molecule has 8 nitrogen and oxygen atoms in total. The van der Waals surface area contributed by atoms with Crippen LogP contribution in [0.5, 0.6) is 11.5 Å². The molecule has 0 radical (unpaired) electrons. The molecule has 0 unspecified atom stereocenters. The molecule has 0 saturated heterocycles. The van der Waals surface area contributed by atoms with Crippen LogP contribution in [0.3, 0.4) is 0 Å². The molecule has 0 aliphatic carbocycles. The molecule has 4 aromatic rings. The molecule has 1 heterocycles. The van der Waals surface area contributed by atoms with Gasteiger partial charge in [-0.05, 0) is 86.6 Å². The van der Waals surface area contributed by atoms with Crippen LogP contribution >= 0.6 is 0 Å². The van der Waals surface area contributed by atoms with Gasteiger partial charge in [-0.3, -0.25) is 4.79 Å². The van der Waals surface area contributed by atoms with Crippen molar-refractivity contribution >= 4 is 17.3 Å². The quantitative estimate of drug-likeness (QED) is 0.328. The van der Waals surface area contributed by atoms with Gasteiger partial charge in [-0.25, -0.2) is 0 Å². The highest BCUT2D eigenvalue weighted by Gasteiger charge is 2.10. The van der Waals surface area contributed by atoms with Gasteiger partial charge in [-0.2, -0.15) is 4.98 Å². The molecule has 1 aromatic heterocycles. The molecular formula is C26H26N4O4. The van der Waals surface area contributed by atoms with Gasteiger partial charge in [0.1, 0.15) is 11.5 Å². The van der Waals surface area contributed by atoms with E-state index in [-0.39, 0.29) is 5.91 Å². The average Bonchev–Trinajstić information content (AvgIpc) is 3.34.